The molecule has 0 aliphatic carbocycles. The molecule has 142 heavy (non-hydrogen) atoms. The molecule has 15 heteroatoms. The van der Waals surface area contributed by atoms with E-state index < -0.39 is 97.4 Å². The van der Waals surface area contributed by atoms with Crippen LogP contribution < -0.4 is 0 Å². The molecule has 2 saturated heterocycles. The van der Waals surface area contributed by atoms with Gasteiger partial charge in [0.05, 0.1) is 76.9 Å². The number of carbonyl (C=O) groups is 2. The summed E-state index contributed by atoms with van der Waals surface area (Å²) in [5.74, 6) is -2.18. The van der Waals surface area contributed by atoms with E-state index in [2.05, 4.69) is 76.3 Å². The lowest BCUT2D eigenvalue weighted by molar-refractivity contribution is -0.394. The van der Waals surface area contributed by atoms with Crippen LogP contribution in [0.25, 0.3) is 0 Å². The van der Waals surface area contributed by atoms with Crippen molar-refractivity contribution < 1.29 is 71.2 Å². The van der Waals surface area contributed by atoms with E-state index in [1.165, 1.54) is 199 Å². The Hall–Kier alpha value is -8.26. The molecule has 778 valence electrons. The summed E-state index contributed by atoms with van der Waals surface area (Å²) in [5, 5.41) is 0. The Kier molecular flexibility index (Phi) is 60.8. The molecular weight excluding hydrogens is 1770 g/mol. The molecule has 2 heterocycles. The Morgan fingerprint density at radius 2 is 0.458 bits per heavy atom. The normalized spacial score (nSPS) is 19.1. The second-order valence-electron chi connectivity index (χ2n) is 39.9. The van der Waals surface area contributed by atoms with E-state index in [1.807, 2.05) is 218 Å². The maximum atomic E-state index is 16.3. The van der Waals surface area contributed by atoms with Crippen LogP contribution in [0.5, 0.6) is 0 Å². The van der Waals surface area contributed by atoms with Crippen molar-refractivity contribution in [1.82, 2.24) is 0 Å². The average molecular weight is 1950 g/mol. The number of esters is 2. The highest BCUT2D eigenvalue weighted by molar-refractivity contribution is 5.74. The zero-order chi connectivity index (χ0) is 99.1. The summed E-state index contributed by atoms with van der Waals surface area (Å²) < 4.78 is 96.2. The molecule has 2 aliphatic heterocycles. The van der Waals surface area contributed by atoms with Crippen LogP contribution in [0.1, 0.15) is 361 Å². The van der Waals surface area contributed by atoms with Gasteiger partial charge in [0.25, 0.3) is 0 Å². The van der Waals surface area contributed by atoms with Gasteiger partial charge in [-0.15, -0.1) is 0 Å². The van der Waals surface area contributed by atoms with Crippen molar-refractivity contribution in [3.8, 4) is 0 Å². The van der Waals surface area contributed by atoms with Gasteiger partial charge in [-0.25, -0.2) is 0 Å². The first-order chi connectivity index (χ1) is 70.3. The zero-order valence-electron chi connectivity index (χ0n) is 87.5. The summed E-state index contributed by atoms with van der Waals surface area (Å²) in [6, 6.07) is 81.0. The van der Waals surface area contributed by atoms with E-state index in [0.717, 1.165) is 109 Å². The first-order valence-corrected chi connectivity index (χ1v) is 56.1. The van der Waals surface area contributed by atoms with Gasteiger partial charge in [-0.05, 0) is 95.9 Å². The Morgan fingerprint density at radius 1 is 0.246 bits per heavy atom. The van der Waals surface area contributed by atoms with Crippen LogP contribution in [0.2, 0.25) is 0 Å². The van der Waals surface area contributed by atoms with Gasteiger partial charge in [-0.1, -0.05) is 532 Å². The smallest absolute Gasteiger partial charge is 0.311 e. The topological polar surface area (TPSA) is 154 Å². The van der Waals surface area contributed by atoms with Crippen molar-refractivity contribution in [3.63, 3.8) is 0 Å². The standard InChI is InChI=1S/C127H180O15/c1-5-9-13-17-21-25-28-31-34-37-41-45-73-93-115(131-95-105-76-56-47-57-77-105)113(91-71-43-39-36-33-30-27-23-19-15-11-7-3)125(129)139-103-117-119(133-97-107-80-60-49-61-81-107)121(135-99-109-84-64-51-65-85-109)123(137-101-111-88-68-53-69-89-111)127(141-117)142-126-122(136-100-110-86-66-52-67-87-110)120(134-98-108-82-62-50-63-83-108)118(132-96-106-78-58-48-59-79-106)116(140-126)102-138-124(128)112(90-70-42-38-35-32-29-26-22-18-14-10-6-2)114(130-94-104-74-54-46-55-75-104)92-72-44-40-24-20-16-12-8-4/h42-43,46-71,74-89,112-123,126-127H,5-41,44-45,72-73,90-103H2,1-4H3/t112-,113-,114-,115-,116-,117-,118-,119-,120+,121+,122-,123-,126-,127-/m1/s1. The molecular formula is C127H180O15. The van der Waals surface area contributed by atoms with Gasteiger partial charge in [-0.3, -0.25) is 9.59 Å². The SMILES string of the molecule is CCCCCCCCCCCC=CC[C@@H](C(=O)OC[C@H]1O[C@H](O[C@H]2O[C@H](COC(=O)[C@H](CC=CCCCCCCCCCCC)[C@@H](CCCCCCCCCCCCCCC)OCc3ccccc3)[C@@H](OCc3ccccc3)[C@H](OCc3ccccc3)[C@H]2OCc2ccccc2)[C@H](OCc2ccccc2)[C@@H](OCc2ccccc2)[C@@H]1OCc1ccccc1)[C@@H](CCCCCCCCCC)OCc1ccccc1. The minimum atomic E-state index is -1.40. The highest BCUT2D eigenvalue weighted by Crippen LogP contribution is 2.39. The minimum absolute atomic E-state index is 0.101. The van der Waals surface area contributed by atoms with Crippen LogP contribution in [0.15, 0.2) is 267 Å². The van der Waals surface area contributed by atoms with Crippen LogP contribution in [0.4, 0.5) is 0 Å². The third kappa shape index (κ3) is 47.1. The van der Waals surface area contributed by atoms with E-state index in [4.69, 9.17) is 61.6 Å². The predicted molar refractivity (Wildman–Crippen MR) is 576 cm³/mol. The van der Waals surface area contributed by atoms with Crippen molar-refractivity contribution in [2.24, 2.45) is 11.8 Å². The third-order valence-corrected chi connectivity index (χ3v) is 28.1. The largest absolute Gasteiger partial charge is 0.463 e. The number of hydrogen-bond acceptors (Lipinski definition) is 15. The van der Waals surface area contributed by atoms with Gasteiger partial charge in [-0.2, -0.15) is 0 Å². The van der Waals surface area contributed by atoms with Gasteiger partial charge in [0.15, 0.2) is 12.6 Å². The molecule has 0 N–H and O–H groups in total. The molecule has 0 bridgehead atoms. The van der Waals surface area contributed by atoms with Crippen molar-refractivity contribution in [2.75, 3.05) is 13.2 Å². The number of hydrogen-bond donors (Lipinski definition) is 0. The number of unbranched alkanes of at least 4 members (excludes halogenated alkanes) is 37. The lowest BCUT2D eigenvalue weighted by atomic mass is 9.92. The van der Waals surface area contributed by atoms with Crippen molar-refractivity contribution in [1.29, 1.82) is 0 Å². The van der Waals surface area contributed by atoms with Gasteiger partial charge in [0.2, 0.25) is 0 Å². The number of rotatable bonds is 81. The van der Waals surface area contributed by atoms with Crippen LogP contribution >= 0.6 is 0 Å². The van der Waals surface area contributed by atoms with Crippen molar-refractivity contribution >= 4 is 11.9 Å². The summed E-state index contributed by atoms with van der Waals surface area (Å²) >= 11 is 0. The van der Waals surface area contributed by atoms with E-state index >= 15 is 9.59 Å². The summed E-state index contributed by atoms with van der Waals surface area (Å²) in [7, 11) is 0. The van der Waals surface area contributed by atoms with Crippen molar-refractivity contribution in [2.45, 2.75) is 443 Å². The average Bonchev–Trinajstić information content (AvgIpc) is 0.764. The molecule has 10 rings (SSSR count). The minimum Gasteiger partial charge on any atom is -0.463 e. The highest BCUT2D eigenvalue weighted by atomic mass is 16.8. The summed E-state index contributed by atoms with van der Waals surface area (Å²) in [5.41, 5.74) is 7.50. The first kappa shape index (κ1) is 116. The molecule has 0 spiro atoms. The molecule has 0 radical (unpaired) electrons. The summed E-state index contributed by atoms with van der Waals surface area (Å²) in [6.45, 7) is 9.96. The number of ether oxygens (including phenoxy) is 13. The number of allylic oxidation sites excluding steroid dienone is 4. The molecule has 8 aromatic carbocycles. The molecule has 15 nitrogen and oxygen atoms in total. The lowest BCUT2D eigenvalue weighted by Crippen LogP contribution is -2.66. The van der Waals surface area contributed by atoms with Crippen LogP contribution in [-0.4, -0.2) is 98.8 Å². The molecule has 2 aliphatic rings. The van der Waals surface area contributed by atoms with Gasteiger partial charge < -0.3 is 61.6 Å². The Balaban J connectivity index is 1.05. The molecule has 14 atom stereocenters. The van der Waals surface area contributed by atoms with Gasteiger partial charge >= 0.3 is 11.9 Å². The van der Waals surface area contributed by atoms with E-state index in [-0.39, 0.29) is 52.9 Å². The maximum Gasteiger partial charge on any atom is 0.311 e. The van der Waals surface area contributed by atoms with E-state index in [1.54, 1.807) is 0 Å². The molecule has 0 amide bonds. The van der Waals surface area contributed by atoms with E-state index in [9.17, 15) is 0 Å². The predicted octanol–water partition coefficient (Wildman–Crippen LogP) is 32.2. The summed E-state index contributed by atoms with van der Waals surface area (Å²) in [4.78, 5) is 32.4. The lowest BCUT2D eigenvalue weighted by Gasteiger charge is -2.49. The van der Waals surface area contributed by atoms with Crippen molar-refractivity contribution in [3.05, 3.63) is 311 Å². The maximum absolute atomic E-state index is 16.3. The fraction of sp³-hybridized carbons (Fsp3) is 0.575. The first-order valence-electron chi connectivity index (χ1n) is 56.1. The molecule has 2 fully saturated rings. The Morgan fingerprint density at radius 3 is 0.704 bits per heavy atom. The van der Waals surface area contributed by atoms with Crippen LogP contribution in [-0.2, 0) is 124 Å². The fourth-order valence-electron chi connectivity index (χ4n) is 19.5. The Labute approximate surface area is 857 Å². The third-order valence-electron chi connectivity index (χ3n) is 28.1. The molecule has 0 aromatic heterocycles. The number of benzene rings is 8. The monoisotopic (exact) mass is 1950 g/mol. The fourth-order valence-corrected chi connectivity index (χ4v) is 19.5. The quantitative estimate of drug-likeness (QED) is 0.0202. The van der Waals surface area contributed by atoms with Gasteiger partial charge in [0, 0.05) is 0 Å². The second-order valence-corrected chi connectivity index (χ2v) is 39.9. The molecule has 0 unspecified atom stereocenters. The number of carbonyl (C=O) groups excluding carboxylic acids is 2. The Bertz CT molecular complexity index is 4260. The van der Waals surface area contributed by atoms with Crippen LogP contribution in [0, 0.1) is 11.8 Å². The highest BCUT2D eigenvalue weighted by Gasteiger charge is 2.55. The van der Waals surface area contributed by atoms with E-state index in [0.29, 0.717) is 38.9 Å². The molecule has 0 saturated carbocycles. The van der Waals surface area contributed by atoms with Gasteiger partial charge in [0.1, 0.15) is 62.0 Å². The summed E-state index contributed by atoms with van der Waals surface area (Å²) in [6.07, 6.45) is 48.4. The van der Waals surface area contributed by atoms with Crippen LogP contribution in [0.3, 0.4) is 0 Å². The molecule has 8 aromatic rings. The second kappa shape index (κ2) is 74.6. The zero-order valence-corrected chi connectivity index (χ0v) is 87.5.